The maximum absolute atomic E-state index is 10.7. The molecule has 0 bridgehead atoms. The fourth-order valence-electron chi connectivity index (χ4n) is 4.75. The molecule has 1 N–H and O–H groups in total. The van der Waals surface area contributed by atoms with E-state index in [0.717, 1.165) is 67.4 Å². The molecule has 2 unspecified atom stereocenters. The van der Waals surface area contributed by atoms with E-state index in [4.69, 9.17) is 16.3 Å². The summed E-state index contributed by atoms with van der Waals surface area (Å²) in [5.74, 6) is 0.824. The van der Waals surface area contributed by atoms with E-state index in [-0.39, 0.29) is 12.1 Å². The molecule has 2 heterocycles. The quantitative estimate of drug-likeness (QED) is 0.441. The highest BCUT2D eigenvalue weighted by atomic mass is 35.5. The van der Waals surface area contributed by atoms with Crippen molar-refractivity contribution in [2.75, 3.05) is 20.2 Å². The molecular weight excluding hydrogens is 396 g/mol. The van der Waals surface area contributed by atoms with Crippen molar-refractivity contribution >= 4 is 22.5 Å². The molecule has 0 saturated carbocycles. The van der Waals surface area contributed by atoms with Gasteiger partial charge in [-0.05, 0) is 75.4 Å². The third-order valence-corrected chi connectivity index (χ3v) is 6.79. The maximum Gasteiger partial charge on any atom is 0.119 e. The average Bonchev–Trinajstić information content (AvgIpc) is 2.76. The van der Waals surface area contributed by atoms with Crippen molar-refractivity contribution in [3.8, 4) is 5.75 Å². The van der Waals surface area contributed by atoms with Crippen LogP contribution in [0.25, 0.3) is 10.9 Å². The van der Waals surface area contributed by atoms with E-state index in [0.29, 0.717) is 5.02 Å². The number of ether oxygens (including phenoxy) is 1. The number of nitrogens with zero attached hydrogens (tertiary/aromatic N) is 2. The van der Waals surface area contributed by atoms with Gasteiger partial charge >= 0.3 is 0 Å². The monoisotopic (exact) mass is 432 g/mol. The second kappa shape index (κ2) is 11.9. The average molecular weight is 433 g/mol. The third kappa shape index (κ3) is 6.09. The number of fused-ring (bicyclic) bond motifs is 1. The Labute approximate surface area is 186 Å². The largest absolute Gasteiger partial charge is 0.497 e. The summed E-state index contributed by atoms with van der Waals surface area (Å²) >= 11 is 6.52. The molecule has 0 radical (unpaired) electrons. The molecule has 5 heteroatoms. The van der Waals surface area contributed by atoms with Crippen LogP contribution in [0.4, 0.5) is 0 Å². The van der Waals surface area contributed by atoms with E-state index in [1.165, 1.54) is 32.1 Å². The van der Waals surface area contributed by atoms with Crippen LogP contribution in [-0.2, 0) is 6.42 Å². The fourth-order valence-corrected chi connectivity index (χ4v) is 4.99. The SMILES string of the molecule is CCCCCCCN1CCCC(O)C1CCCc1c(Cl)cnc2ccc(OC)cc12. The van der Waals surface area contributed by atoms with Crippen LogP contribution >= 0.6 is 11.6 Å². The minimum absolute atomic E-state index is 0.209. The summed E-state index contributed by atoms with van der Waals surface area (Å²) in [7, 11) is 1.68. The minimum Gasteiger partial charge on any atom is -0.497 e. The highest BCUT2D eigenvalue weighted by molar-refractivity contribution is 6.32. The summed E-state index contributed by atoms with van der Waals surface area (Å²) in [5.41, 5.74) is 2.08. The Hall–Kier alpha value is -1.36. The molecule has 3 rings (SSSR count). The molecule has 166 valence electrons. The van der Waals surface area contributed by atoms with Gasteiger partial charge in [0.1, 0.15) is 5.75 Å². The van der Waals surface area contributed by atoms with Gasteiger partial charge in [-0.25, -0.2) is 0 Å². The zero-order valence-corrected chi connectivity index (χ0v) is 19.3. The summed E-state index contributed by atoms with van der Waals surface area (Å²) in [6, 6.07) is 6.22. The second-order valence-corrected chi connectivity index (χ2v) is 8.99. The van der Waals surface area contributed by atoms with Gasteiger partial charge in [-0.3, -0.25) is 9.88 Å². The van der Waals surface area contributed by atoms with Crippen molar-refractivity contribution in [2.24, 2.45) is 0 Å². The van der Waals surface area contributed by atoms with Crippen LogP contribution in [-0.4, -0.2) is 47.3 Å². The summed E-state index contributed by atoms with van der Waals surface area (Å²) in [5, 5.41) is 12.5. The first-order valence-corrected chi connectivity index (χ1v) is 12.0. The number of halogens is 1. The standard InChI is InChI=1S/C25H37ClN2O2/c1-3-4-5-6-7-15-28-16-9-12-25(29)24(28)11-8-10-20-21-17-19(30-2)13-14-23(21)27-18-22(20)26/h13-14,17-18,24-25,29H,3-12,15-16H2,1-2H3. The normalized spacial score (nSPS) is 20.0. The lowest BCUT2D eigenvalue weighted by atomic mass is 9.92. The molecular formula is C25H37ClN2O2. The number of benzene rings is 1. The molecule has 4 nitrogen and oxygen atoms in total. The number of aliphatic hydroxyl groups excluding tert-OH is 1. The van der Waals surface area contributed by atoms with Crippen LogP contribution in [0.15, 0.2) is 24.4 Å². The molecule has 2 atom stereocenters. The molecule has 0 aliphatic carbocycles. The van der Waals surface area contributed by atoms with Crippen molar-refractivity contribution in [2.45, 2.75) is 83.3 Å². The number of hydrogen-bond donors (Lipinski definition) is 1. The first kappa shape index (κ1) is 23.3. The van der Waals surface area contributed by atoms with Gasteiger partial charge in [0.15, 0.2) is 0 Å². The lowest BCUT2D eigenvalue weighted by Gasteiger charge is -2.39. The van der Waals surface area contributed by atoms with Crippen LogP contribution in [0, 0.1) is 0 Å². The van der Waals surface area contributed by atoms with Gasteiger partial charge in [0.05, 0.1) is 23.8 Å². The van der Waals surface area contributed by atoms with Crippen molar-refractivity contribution in [1.29, 1.82) is 0 Å². The highest BCUT2D eigenvalue weighted by Gasteiger charge is 2.29. The zero-order chi connectivity index (χ0) is 21.3. The van der Waals surface area contributed by atoms with Crippen LogP contribution in [0.3, 0.4) is 0 Å². The number of pyridine rings is 1. The molecule has 1 saturated heterocycles. The number of rotatable bonds is 11. The molecule has 1 fully saturated rings. The van der Waals surface area contributed by atoms with Gasteiger partial charge in [0.25, 0.3) is 0 Å². The molecule has 1 aliphatic rings. The molecule has 1 aromatic carbocycles. The van der Waals surface area contributed by atoms with Gasteiger partial charge in [-0.1, -0.05) is 44.2 Å². The Balaban J connectivity index is 1.61. The minimum atomic E-state index is -0.209. The maximum atomic E-state index is 10.7. The Morgan fingerprint density at radius 2 is 2.03 bits per heavy atom. The smallest absolute Gasteiger partial charge is 0.119 e. The zero-order valence-electron chi connectivity index (χ0n) is 18.6. The Kier molecular flexibility index (Phi) is 9.23. The van der Waals surface area contributed by atoms with E-state index in [2.05, 4.69) is 16.8 Å². The van der Waals surface area contributed by atoms with E-state index >= 15 is 0 Å². The summed E-state index contributed by atoms with van der Waals surface area (Å²) in [6.07, 6.45) is 12.9. The number of hydrogen-bond acceptors (Lipinski definition) is 4. The lowest BCUT2D eigenvalue weighted by Crippen LogP contribution is -2.48. The van der Waals surface area contributed by atoms with Gasteiger partial charge < -0.3 is 9.84 Å². The van der Waals surface area contributed by atoms with Crippen LogP contribution < -0.4 is 4.74 Å². The number of aryl methyl sites for hydroxylation is 1. The second-order valence-electron chi connectivity index (χ2n) is 8.59. The van der Waals surface area contributed by atoms with Crippen LogP contribution in [0.1, 0.15) is 70.3 Å². The topological polar surface area (TPSA) is 45.6 Å². The number of aliphatic hydroxyl groups is 1. The van der Waals surface area contributed by atoms with Crippen molar-refractivity contribution in [3.63, 3.8) is 0 Å². The Morgan fingerprint density at radius 1 is 1.20 bits per heavy atom. The summed E-state index contributed by atoms with van der Waals surface area (Å²) in [4.78, 5) is 7.00. The van der Waals surface area contributed by atoms with Gasteiger partial charge in [-0.2, -0.15) is 0 Å². The van der Waals surface area contributed by atoms with E-state index in [9.17, 15) is 5.11 Å². The summed E-state index contributed by atoms with van der Waals surface area (Å²) in [6.45, 7) is 4.48. The Morgan fingerprint density at radius 3 is 2.83 bits per heavy atom. The number of methoxy groups -OCH3 is 1. The molecule has 0 spiro atoms. The van der Waals surface area contributed by atoms with E-state index < -0.39 is 0 Å². The number of likely N-dealkylation sites (tertiary alicyclic amines) is 1. The van der Waals surface area contributed by atoms with Crippen LogP contribution in [0.2, 0.25) is 5.02 Å². The van der Waals surface area contributed by atoms with E-state index in [1.807, 2.05) is 18.2 Å². The predicted molar refractivity (Wildman–Crippen MR) is 126 cm³/mol. The van der Waals surface area contributed by atoms with Crippen molar-refractivity contribution in [1.82, 2.24) is 9.88 Å². The molecule has 0 amide bonds. The summed E-state index contributed by atoms with van der Waals surface area (Å²) < 4.78 is 5.40. The third-order valence-electron chi connectivity index (χ3n) is 6.47. The molecule has 30 heavy (non-hydrogen) atoms. The molecule has 2 aromatic rings. The fraction of sp³-hybridized carbons (Fsp3) is 0.640. The number of piperidine rings is 1. The molecule has 1 aliphatic heterocycles. The predicted octanol–water partition coefficient (Wildman–Crippen LogP) is 6.02. The first-order chi connectivity index (χ1) is 14.6. The number of aromatic nitrogens is 1. The number of unbranched alkanes of at least 4 members (excludes halogenated alkanes) is 4. The van der Waals surface area contributed by atoms with Crippen molar-refractivity contribution in [3.05, 3.63) is 35.0 Å². The van der Waals surface area contributed by atoms with Crippen molar-refractivity contribution < 1.29 is 9.84 Å². The van der Waals surface area contributed by atoms with E-state index in [1.54, 1.807) is 13.3 Å². The highest BCUT2D eigenvalue weighted by Crippen LogP contribution is 2.30. The van der Waals surface area contributed by atoms with Gasteiger partial charge in [0, 0.05) is 17.6 Å². The Bertz CT molecular complexity index is 798. The van der Waals surface area contributed by atoms with Crippen LogP contribution in [0.5, 0.6) is 5.75 Å². The van der Waals surface area contributed by atoms with Gasteiger partial charge in [-0.15, -0.1) is 0 Å². The lowest BCUT2D eigenvalue weighted by molar-refractivity contribution is 0.00528. The molecule has 1 aromatic heterocycles. The first-order valence-electron chi connectivity index (χ1n) is 11.7. The van der Waals surface area contributed by atoms with Gasteiger partial charge in [0.2, 0.25) is 0 Å².